The van der Waals surface area contributed by atoms with Crippen LogP contribution < -0.4 is 10.3 Å². The Bertz CT molecular complexity index is 1760. The van der Waals surface area contributed by atoms with E-state index < -0.39 is 12.1 Å². The molecule has 2 heterocycles. The maximum atomic E-state index is 13.5. The van der Waals surface area contributed by atoms with Crippen LogP contribution in [-0.4, -0.2) is 34.6 Å². The molecule has 38 heavy (non-hydrogen) atoms. The molecule has 2 aromatic heterocycles. The average molecular weight is 595 g/mol. The Morgan fingerprint density at radius 2 is 2.00 bits per heavy atom. The van der Waals surface area contributed by atoms with E-state index in [1.54, 1.807) is 80.6 Å². The summed E-state index contributed by atoms with van der Waals surface area (Å²) in [6.45, 7) is 3.58. The number of ether oxygens (including phenoxy) is 2. The molecule has 0 fully saturated rings. The molecular weight excluding hydrogens is 574 g/mol. The van der Waals surface area contributed by atoms with Crippen molar-refractivity contribution in [2.45, 2.75) is 20.0 Å². The van der Waals surface area contributed by atoms with Crippen molar-refractivity contribution in [1.29, 1.82) is 0 Å². The Morgan fingerprint density at radius 3 is 2.82 bits per heavy atom. The zero-order valence-corrected chi connectivity index (χ0v) is 22.7. The van der Waals surface area contributed by atoms with Gasteiger partial charge in [-0.05, 0) is 68.4 Å². The number of esters is 1. The highest BCUT2D eigenvalue weighted by Gasteiger charge is 2.19. The van der Waals surface area contributed by atoms with Crippen molar-refractivity contribution < 1.29 is 18.7 Å². The van der Waals surface area contributed by atoms with Crippen LogP contribution in [0.25, 0.3) is 33.5 Å². The fourth-order valence-electron chi connectivity index (χ4n) is 3.86. The topological polar surface area (TPSA) is 95.9 Å². The number of para-hydroxylation sites is 1. The van der Waals surface area contributed by atoms with Gasteiger partial charge in [-0.3, -0.25) is 4.79 Å². The molecule has 10 heteroatoms. The number of halogens is 2. The highest BCUT2D eigenvalue weighted by molar-refractivity contribution is 9.10. The van der Waals surface area contributed by atoms with Crippen molar-refractivity contribution >= 4 is 61.6 Å². The summed E-state index contributed by atoms with van der Waals surface area (Å²) in [6, 6.07) is 19.3. The van der Waals surface area contributed by atoms with Crippen molar-refractivity contribution in [3.05, 3.63) is 92.1 Å². The molecule has 1 atom stereocenters. The molecule has 0 amide bonds. The Kier molecular flexibility index (Phi) is 7.31. The van der Waals surface area contributed by atoms with Crippen LogP contribution in [0.4, 0.5) is 0 Å². The predicted molar refractivity (Wildman–Crippen MR) is 150 cm³/mol. The minimum atomic E-state index is -0.841. The highest BCUT2D eigenvalue weighted by atomic mass is 79.9. The third-order valence-corrected chi connectivity index (χ3v) is 6.39. The van der Waals surface area contributed by atoms with E-state index in [0.717, 1.165) is 9.86 Å². The van der Waals surface area contributed by atoms with Crippen molar-refractivity contribution in [2.75, 3.05) is 6.61 Å². The summed E-state index contributed by atoms with van der Waals surface area (Å²) in [7, 11) is 0. The lowest BCUT2D eigenvalue weighted by Crippen LogP contribution is -2.26. The van der Waals surface area contributed by atoms with Crippen LogP contribution in [0.15, 0.2) is 85.5 Å². The average Bonchev–Trinajstić information content (AvgIpc) is 3.32. The number of carbonyl (C=O) groups excluding carboxylic acids is 1. The zero-order valence-electron chi connectivity index (χ0n) is 20.4. The van der Waals surface area contributed by atoms with Crippen LogP contribution >= 0.6 is 27.5 Å². The van der Waals surface area contributed by atoms with Crippen molar-refractivity contribution in [1.82, 2.24) is 9.66 Å². The molecule has 0 aliphatic rings. The highest BCUT2D eigenvalue weighted by Crippen LogP contribution is 2.29. The van der Waals surface area contributed by atoms with Gasteiger partial charge < -0.3 is 13.9 Å². The van der Waals surface area contributed by atoms with E-state index in [0.29, 0.717) is 38.6 Å². The van der Waals surface area contributed by atoms with E-state index >= 15 is 0 Å². The van der Waals surface area contributed by atoms with Crippen LogP contribution in [0.1, 0.15) is 19.4 Å². The lowest BCUT2D eigenvalue weighted by molar-refractivity contribution is -0.150. The van der Waals surface area contributed by atoms with E-state index in [1.165, 1.54) is 10.9 Å². The molecule has 8 nitrogen and oxygen atoms in total. The Morgan fingerprint density at radius 1 is 1.18 bits per heavy atom. The third-order valence-electron chi connectivity index (χ3n) is 5.66. The smallest absolute Gasteiger partial charge is 0.347 e. The van der Waals surface area contributed by atoms with E-state index in [4.69, 9.17) is 25.5 Å². The molecule has 3 aromatic carbocycles. The molecule has 5 aromatic rings. The van der Waals surface area contributed by atoms with Gasteiger partial charge in [-0.1, -0.05) is 39.7 Å². The van der Waals surface area contributed by atoms with Crippen LogP contribution in [-0.2, 0) is 9.53 Å². The van der Waals surface area contributed by atoms with E-state index in [2.05, 4.69) is 26.0 Å². The summed E-state index contributed by atoms with van der Waals surface area (Å²) in [4.78, 5) is 30.3. The number of hydrogen-bond donors (Lipinski definition) is 0. The molecule has 0 aliphatic heterocycles. The van der Waals surface area contributed by atoms with Crippen molar-refractivity contribution in [2.24, 2.45) is 5.10 Å². The first kappa shape index (κ1) is 25.7. The molecule has 0 bridgehead atoms. The van der Waals surface area contributed by atoms with E-state index in [9.17, 15) is 9.59 Å². The summed E-state index contributed by atoms with van der Waals surface area (Å²) in [6.07, 6.45) is 0.630. The predicted octanol–water partition coefficient (Wildman–Crippen LogP) is 6.44. The van der Waals surface area contributed by atoms with Gasteiger partial charge in [0, 0.05) is 20.4 Å². The molecule has 0 saturated carbocycles. The van der Waals surface area contributed by atoms with Crippen LogP contribution in [0.2, 0.25) is 5.02 Å². The van der Waals surface area contributed by atoms with Gasteiger partial charge in [0.2, 0.25) is 5.82 Å². The molecule has 0 spiro atoms. The number of furan rings is 1. The molecule has 0 N–H and O–H groups in total. The number of rotatable bonds is 7. The minimum Gasteiger partial charge on any atom is -0.478 e. The summed E-state index contributed by atoms with van der Waals surface area (Å²) in [5.41, 5.74) is 1.25. The summed E-state index contributed by atoms with van der Waals surface area (Å²) in [5.74, 6) is 0.471. The third kappa shape index (κ3) is 5.20. The van der Waals surface area contributed by atoms with Gasteiger partial charge in [0.05, 0.1) is 23.7 Å². The molecule has 0 saturated heterocycles. The summed E-state index contributed by atoms with van der Waals surface area (Å²) >= 11 is 9.60. The fourth-order valence-corrected chi connectivity index (χ4v) is 4.42. The number of nitrogens with zero attached hydrogens (tertiary/aromatic N) is 3. The fraction of sp³-hybridized carbons (Fsp3) is 0.143. The Labute approximate surface area is 230 Å². The van der Waals surface area contributed by atoms with Gasteiger partial charge in [0.15, 0.2) is 11.9 Å². The first-order chi connectivity index (χ1) is 18.3. The van der Waals surface area contributed by atoms with Gasteiger partial charge in [-0.2, -0.15) is 9.78 Å². The Hall–Kier alpha value is -3.95. The first-order valence-electron chi connectivity index (χ1n) is 11.7. The molecule has 192 valence electrons. The van der Waals surface area contributed by atoms with Gasteiger partial charge in [0.25, 0.3) is 5.56 Å². The van der Waals surface area contributed by atoms with Crippen LogP contribution in [0, 0.1) is 0 Å². The van der Waals surface area contributed by atoms with Gasteiger partial charge in [-0.25, -0.2) is 9.78 Å². The normalized spacial score (nSPS) is 12.3. The SMILES string of the molecule is CCOC(=O)[C@H](C)Oc1ccc(Br)cc1C=Nn1c(-c2cc3cc(Cl)ccc3o2)nc2ccccc2c1=O. The zero-order chi connectivity index (χ0) is 26.8. The van der Waals surface area contributed by atoms with E-state index in [-0.39, 0.29) is 18.0 Å². The van der Waals surface area contributed by atoms with Gasteiger partial charge in [-0.15, -0.1) is 0 Å². The van der Waals surface area contributed by atoms with Gasteiger partial charge >= 0.3 is 5.97 Å². The number of aromatic nitrogens is 2. The molecule has 0 radical (unpaired) electrons. The lowest BCUT2D eigenvalue weighted by atomic mass is 10.2. The molecular formula is C28H21BrClN3O5. The largest absolute Gasteiger partial charge is 0.478 e. The monoisotopic (exact) mass is 593 g/mol. The number of carbonyl (C=O) groups is 1. The number of fused-ring (bicyclic) bond motifs is 2. The lowest BCUT2D eigenvalue weighted by Gasteiger charge is -2.15. The van der Waals surface area contributed by atoms with Crippen molar-refractivity contribution in [3.8, 4) is 17.3 Å². The molecule has 0 unspecified atom stereocenters. The maximum Gasteiger partial charge on any atom is 0.347 e. The number of benzene rings is 3. The standard InChI is InChI=1S/C28H21BrClN3O5/c1-3-36-28(35)16(2)37-24-10-8-19(29)12-18(24)15-31-33-26(32-22-7-5-4-6-21(22)27(33)34)25-14-17-13-20(30)9-11-23(17)38-25/h4-16H,3H2,1-2H3/t16-/m0/s1. The van der Waals surface area contributed by atoms with Crippen LogP contribution in [0.3, 0.4) is 0 Å². The van der Waals surface area contributed by atoms with Gasteiger partial charge in [0.1, 0.15) is 11.3 Å². The second kappa shape index (κ2) is 10.8. The van der Waals surface area contributed by atoms with Crippen LogP contribution in [0.5, 0.6) is 5.75 Å². The minimum absolute atomic E-state index is 0.217. The van der Waals surface area contributed by atoms with E-state index in [1.807, 2.05) is 0 Å². The summed E-state index contributed by atoms with van der Waals surface area (Å²) < 4.78 is 18.8. The Balaban J connectivity index is 1.63. The molecule has 0 aliphatic carbocycles. The first-order valence-corrected chi connectivity index (χ1v) is 12.9. The summed E-state index contributed by atoms with van der Waals surface area (Å²) in [5, 5.41) is 6.22. The second-order valence-corrected chi connectivity index (χ2v) is 9.65. The molecule has 5 rings (SSSR count). The second-order valence-electron chi connectivity index (χ2n) is 8.30. The van der Waals surface area contributed by atoms with Crippen molar-refractivity contribution in [3.63, 3.8) is 0 Å². The maximum absolute atomic E-state index is 13.5. The quantitative estimate of drug-likeness (QED) is 0.159. The number of hydrogen-bond acceptors (Lipinski definition) is 7.